The minimum atomic E-state index is -0.709. The Balaban J connectivity index is 2.62. The molecule has 1 rings (SSSR count). The van der Waals surface area contributed by atoms with Crippen LogP contribution < -0.4 is 0 Å². The van der Waals surface area contributed by atoms with Crippen LogP contribution in [0.25, 0.3) is 0 Å². The quantitative estimate of drug-likeness (QED) is 0.584. The predicted molar refractivity (Wildman–Crippen MR) is 65.9 cm³/mol. The summed E-state index contributed by atoms with van der Waals surface area (Å²) in [6, 6.07) is 5.60. The minimum absolute atomic E-state index is 0.0614. The summed E-state index contributed by atoms with van der Waals surface area (Å²) in [5.74, 6) is -1.42. The molecule has 0 aliphatic rings. The van der Waals surface area contributed by atoms with Crippen molar-refractivity contribution in [1.29, 1.82) is 5.26 Å². The fourth-order valence-electron chi connectivity index (χ4n) is 1.63. The molecule has 0 aromatic heterocycles. The van der Waals surface area contributed by atoms with Gasteiger partial charge in [0.15, 0.2) is 5.78 Å². The van der Waals surface area contributed by atoms with Crippen molar-refractivity contribution in [3.05, 3.63) is 35.1 Å². The van der Waals surface area contributed by atoms with Gasteiger partial charge in [-0.1, -0.05) is 6.07 Å². The van der Waals surface area contributed by atoms with Crippen LogP contribution in [0.1, 0.15) is 42.1 Å². The summed E-state index contributed by atoms with van der Waals surface area (Å²) >= 11 is 0. The molecule has 0 saturated heterocycles. The lowest BCUT2D eigenvalue weighted by Gasteiger charge is -2.04. The van der Waals surface area contributed by atoms with Crippen molar-refractivity contribution in [2.24, 2.45) is 0 Å². The van der Waals surface area contributed by atoms with E-state index in [4.69, 9.17) is 10.00 Å². The molecule has 0 aliphatic heterocycles. The Kier molecular flexibility index (Phi) is 5.68. The molecule has 5 heteroatoms. The fraction of sp³-hybridized carbons (Fsp3) is 0.357. The molecule has 0 spiro atoms. The van der Waals surface area contributed by atoms with Gasteiger partial charge in [-0.2, -0.15) is 5.26 Å². The molecule has 0 amide bonds. The number of rotatable bonds is 6. The van der Waals surface area contributed by atoms with E-state index in [0.29, 0.717) is 13.0 Å². The number of ketones is 1. The summed E-state index contributed by atoms with van der Waals surface area (Å²) in [5, 5.41) is 8.82. The third-order valence-corrected chi connectivity index (χ3v) is 2.52. The standard InChI is InChI=1S/C14H14FNO3/c1-2-19-14(18)8-4-7-13(17)10-5-3-6-12(15)11(10)9-16/h3,5-6H,2,4,7-8H2,1H3. The predicted octanol–water partition coefficient (Wildman–Crippen LogP) is 2.61. The number of carbonyl (C=O) groups excluding carboxylic acids is 2. The van der Waals surface area contributed by atoms with Gasteiger partial charge in [0.05, 0.1) is 12.2 Å². The smallest absolute Gasteiger partial charge is 0.305 e. The topological polar surface area (TPSA) is 67.2 Å². The Labute approximate surface area is 110 Å². The lowest BCUT2D eigenvalue weighted by molar-refractivity contribution is -0.143. The first-order valence-electron chi connectivity index (χ1n) is 5.97. The number of hydrogen-bond acceptors (Lipinski definition) is 4. The third kappa shape index (κ3) is 4.18. The molecular weight excluding hydrogens is 249 g/mol. The molecule has 4 nitrogen and oxygen atoms in total. The second-order valence-electron chi connectivity index (χ2n) is 3.86. The lowest BCUT2D eigenvalue weighted by Crippen LogP contribution is -2.07. The summed E-state index contributed by atoms with van der Waals surface area (Å²) in [6.07, 6.45) is 0.535. The number of Topliss-reactive ketones (excluding diaryl/α,β-unsaturated/α-hetero) is 1. The van der Waals surface area contributed by atoms with E-state index in [2.05, 4.69) is 0 Å². The first-order valence-corrected chi connectivity index (χ1v) is 5.97. The summed E-state index contributed by atoms with van der Waals surface area (Å²) in [7, 11) is 0. The van der Waals surface area contributed by atoms with Crippen LogP contribution in [-0.4, -0.2) is 18.4 Å². The van der Waals surface area contributed by atoms with Crippen LogP contribution in [0.3, 0.4) is 0 Å². The molecule has 0 atom stereocenters. The summed E-state index contributed by atoms with van der Waals surface area (Å²) in [4.78, 5) is 22.9. The van der Waals surface area contributed by atoms with Gasteiger partial charge in [-0.3, -0.25) is 9.59 Å². The van der Waals surface area contributed by atoms with Crippen molar-refractivity contribution in [3.8, 4) is 6.07 Å². The molecule has 0 unspecified atom stereocenters. The third-order valence-electron chi connectivity index (χ3n) is 2.52. The lowest BCUT2D eigenvalue weighted by atomic mass is 10.0. The maximum absolute atomic E-state index is 13.3. The van der Waals surface area contributed by atoms with Gasteiger partial charge in [0.2, 0.25) is 0 Å². The van der Waals surface area contributed by atoms with Gasteiger partial charge in [0.25, 0.3) is 0 Å². The van der Waals surface area contributed by atoms with Crippen LogP contribution in [0.2, 0.25) is 0 Å². The van der Waals surface area contributed by atoms with Crippen LogP contribution in [0.15, 0.2) is 18.2 Å². The zero-order valence-electron chi connectivity index (χ0n) is 10.6. The van der Waals surface area contributed by atoms with E-state index in [1.165, 1.54) is 12.1 Å². The fourth-order valence-corrected chi connectivity index (χ4v) is 1.63. The highest BCUT2D eigenvalue weighted by atomic mass is 19.1. The van der Waals surface area contributed by atoms with E-state index in [1.54, 1.807) is 13.0 Å². The Morgan fingerprint density at radius 3 is 2.74 bits per heavy atom. The second kappa shape index (κ2) is 7.27. The maximum atomic E-state index is 13.3. The molecule has 0 aliphatic carbocycles. The van der Waals surface area contributed by atoms with E-state index in [-0.39, 0.29) is 35.7 Å². The Morgan fingerprint density at radius 2 is 2.11 bits per heavy atom. The monoisotopic (exact) mass is 263 g/mol. The highest BCUT2D eigenvalue weighted by molar-refractivity contribution is 5.98. The molecule has 0 bridgehead atoms. The Morgan fingerprint density at radius 1 is 1.37 bits per heavy atom. The average molecular weight is 263 g/mol. The van der Waals surface area contributed by atoms with Gasteiger partial charge in [-0.25, -0.2) is 4.39 Å². The molecule has 100 valence electrons. The maximum Gasteiger partial charge on any atom is 0.305 e. The van der Waals surface area contributed by atoms with E-state index in [1.807, 2.05) is 0 Å². The van der Waals surface area contributed by atoms with Crippen LogP contribution in [0, 0.1) is 17.1 Å². The van der Waals surface area contributed by atoms with E-state index < -0.39 is 5.82 Å². The molecule has 0 saturated carbocycles. The molecule has 1 aromatic rings. The van der Waals surface area contributed by atoms with Crippen molar-refractivity contribution in [3.63, 3.8) is 0 Å². The van der Waals surface area contributed by atoms with Crippen LogP contribution in [0.4, 0.5) is 4.39 Å². The molecule has 0 fully saturated rings. The largest absolute Gasteiger partial charge is 0.466 e. The van der Waals surface area contributed by atoms with Crippen molar-refractivity contribution in [2.75, 3.05) is 6.61 Å². The number of esters is 1. The first-order chi connectivity index (χ1) is 9.10. The van der Waals surface area contributed by atoms with E-state index in [0.717, 1.165) is 6.07 Å². The molecule has 0 heterocycles. The molecule has 0 radical (unpaired) electrons. The first kappa shape index (κ1) is 14.8. The number of ether oxygens (including phenoxy) is 1. The van der Waals surface area contributed by atoms with E-state index >= 15 is 0 Å². The van der Waals surface area contributed by atoms with E-state index in [9.17, 15) is 14.0 Å². The van der Waals surface area contributed by atoms with Gasteiger partial charge < -0.3 is 4.74 Å². The minimum Gasteiger partial charge on any atom is -0.466 e. The van der Waals surface area contributed by atoms with Gasteiger partial charge in [0, 0.05) is 18.4 Å². The molecule has 0 N–H and O–H groups in total. The number of benzene rings is 1. The zero-order valence-corrected chi connectivity index (χ0v) is 10.6. The molecule has 19 heavy (non-hydrogen) atoms. The summed E-state index contributed by atoms with van der Waals surface area (Å²) < 4.78 is 18.0. The van der Waals surface area contributed by atoms with Crippen molar-refractivity contribution in [1.82, 2.24) is 0 Å². The Bertz CT molecular complexity index is 520. The summed E-state index contributed by atoms with van der Waals surface area (Å²) in [6.45, 7) is 2.00. The number of nitriles is 1. The SMILES string of the molecule is CCOC(=O)CCCC(=O)c1cccc(F)c1C#N. The zero-order chi connectivity index (χ0) is 14.3. The van der Waals surface area contributed by atoms with Crippen molar-refractivity contribution < 1.29 is 18.7 Å². The Hall–Kier alpha value is -2.22. The second-order valence-corrected chi connectivity index (χ2v) is 3.86. The average Bonchev–Trinajstić information content (AvgIpc) is 2.38. The molecular formula is C14H14FNO3. The molecule has 1 aromatic carbocycles. The van der Waals surface area contributed by atoms with Crippen LogP contribution in [0.5, 0.6) is 0 Å². The van der Waals surface area contributed by atoms with Gasteiger partial charge in [-0.15, -0.1) is 0 Å². The summed E-state index contributed by atoms with van der Waals surface area (Å²) in [5.41, 5.74) is -0.185. The highest BCUT2D eigenvalue weighted by Gasteiger charge is 2.15. The number of hydrogen-bond donors (Lipinski definition) is 0. The van der Waals surface area contributed by atoms with Gasteiger partial charge >= 0.3 is 5.97 Å². The number of nitrogens with zero attached hydrogens (tertiary/aromatic N) is 1. The normalized spacial score (nSPS) is 9.74. The van der Waals surface area contributed by atoms with Gasteiger partial charge in [-0.05, 0) is 25.5 Å². The number of carbonyl (C=O) groups is 2. The number of halogens is 1. The van der Waals surface area contributed by atoms with Crippen LogP contribution in [-0.2, 0) is 9.53 Å². The van der Waals surface area contributed by atoms with Crippen molar-refractivity contribution >= 4 is 11.8 Å². The van der Waals surface area contributed by atoms with Crippen molar-refractivity contribution in [2.45, 2.75) is 26.2 Å². The van der Waals surface area contributed by atoms with Gasteiger partial charge in [0.1, 0.15) is 11.9 Å². The highest BCUT2D eigenvalue weighted by Crippen LogP contribution is 2.15. The van der Waals surface area contributed by atoms with Crippen LogP contribution >= 0.6 is 0 Å².